The lowest BCUT2D eigenvalue weighted by atomic mass is 10.0. The Balaban J connectivity index is 1.76. The quantitative estimate of drug-likeness (QED) is 0.588. The van der Waals surface area contributed by atoms with Gasteiger partial charge in [0.05, 0.1) is 11.0 Å². The van der Waals surface area contributed by atoms with Gasteiger partial charge in [-0.15, -0.1) is 3.89 Å². The van der Waals surface area contributed by atoms with Crippen molar-refractivity contribution in [3.63, 3.8) is 0 Å². The minimum absolute atomic E-state index is 0.0325. The van der Waals surface area contributed by atoms with Gasteiger partial charge < -0.3 is 20.3 Å². The van der Waals surface area contributed by atoms with Gasteiger partial charge in [-0.1, -0.05) is 42.5 Å². The molecule has 3 N–H and O–H groups in total. The Morgan fingerprint density at radius 1 is 1.07 bits per heavy atom. The van der Waals surface area contributed by atoms with Crippen LogP contribution >= 0.6 is 0 Å². The molecule has 7 nitrogen and oxygen atoms in total. The fourth-order valence-corrected chi connectivity index (χ4v) is 2.77. The number of amides is 1. The molecule has 0 bridgehead atoms. The highest BCUT2D eigenvalue weighted by atomic mass is 32.3. The highest BCUT2D eigenvalue weighted by Gasteiger charge is 2.20. The standard InChI is InChI=1S/C18H20FNO6S/c19-27(24,25)15-8-6-14(7-9-15)17(22)16(21)10-11-20-18(23)26-12-13-4-2-1-3-5-13/h1-9,16-17,21-22H,10-12H2,(H,20,23). The Morgan fingerprint density at radius 2 is 1.70 bits per heavy atom. The molecule has 146 valence electrons. The molecule has 2 unspecified atom stereocenters. The summed E-state index contributed by atoms with van der Waals surface area (Å²) < 4.78 is 39.4. The monoisotopic (exact) mass is 397 g/mol. The second-order valence-electron chi connectivity index (χ2n) is 5.80. The number of rotatable bonds is 8. The minimum Gasteiger partial charge on any atom is -0.445 e. The van der Waals surface area contributed by atoms with Crippen LogP contribution < -0.4 is 5.32 Å². The van der Waals surface area contributed by atoms with Crippen molar-refractivity contribution in [2.45, 2.75) is 30.1 Å². The molecule has 27 heavy (non-hydrogen) atoms. The molecular weight excluding hydrogens is 377 g/mol. The molecule has 0 heterocycles. The maximum Gasteiger partial charge on any atom is 0.407 e. The number of alkyl carbamates (subject to hydrolysis) is 1. The van der Waals surface area contributed by atoms with E-state index in [1.807, 2.05) is 30.3 Å². The SMILES string of the molecule is O=C(NCCC(O)C(O)c1ccc(S(=O)(=O)F)cc1)OCc1ccccc1. The van der Waals surface area contributed by atoms with Gasteiger partial charge in [0.1, 0.15) is 12.7 Å². The van der Waals surface area contributed by atoms with E-state index in [4.69, 9.17) is 4.74 Å². The van der Waals surface area contributed by atoms with E-state index in [1.165, 1.54) is 12.1 Å². The van der Waals surface area contributed by atoms with E-state index in [0.29, 0.717) is 0 Å². The number of hydrogen-bond donors (Lipinski definition) is 3. The summed E-state index contributed by atoms with van der Waals surface area (Å²) in [5, 5.41) is 22.5. The first-order valence-corrected chi connectivity index (χ1v) is 9.51. The van der Waals surface area contributed by atoms with E-state index in [2.05, 4.69) is 5.32 Å². The van der Waals surface area contributed by atoms with Crippen molar-refractivity contribution in [3.05, 3.63) is 65.7 Å². The van der Waals surface area contributed by atoms with Crippen LogP contribution in [-0.2, 0) is 21.6 Å². The third-order valence-electron chi connectivity index (χ3n) is 3.79. The molecule has 0 radical (unpaired) electrons. The summed E-state index contributed by atoms with van der Waals surface area (Å²) in [6.07, 6.45) is -3.15. The molecule has 2 aromatic carbocycles. The number of aliphatic hydroxyl groups excluding tert-OH is 2. The first-order chi connectivity index (χ1) is 12.8. The zero-order valence-corrected chi connectivity index (χ0v) is 15.1. The van der Waals surface area contributed by atoms with Crippen LogP contribution in [-0.4, -0.2) is 37.4 Å². The zero-order chi connectivity index (χ0) is 19.9. The van der Waals surface area contributed by atoms with Crippen LogP contribution in [0.25, 0.3) is 0 Å². The Bertz CT molecular complexity index is 842. The highest BCUT2D eigenvalue weighted by molar-refractivity contribution is 7.86. The zero-order valence-electron chi connectivity index (χ0n) is 14.3. The van der Waals surface area contributed by atoms with E-state index in [-0.39, 0.29) is 25.1 Å². The number of ether oxygens (including phenoxy) is 1. The third kappa shape index (κ3) is 6.63. The largest absolute Gasteiger partial charge is 0.445 e. The lowest BCUT2D eigenvalue weighted by Crippen LogP contribution is -2.29. The van der Waals surface area contributed by atoms with Gasteiger partial charge in [0.25, 0.3) is 0 Å². The molecule has 0 aliphatic heterocycles. The first-order valence-electron chi connectivity index (χ1n) is 8.12. The Kier molecular flexibility index (Phi) is 7.28. The smallest absolute Gasteiger partial charge is 0.407 e. The van der Waals surface area contributed by atoms with Gasteiger partial charge in [0, 0.05) is 6.54 Å². The highest BCUT2D eigenvalue weighted by Crippen LogP contribution is 2.21. The summed E-state index contributed by atoms with van der Waals surface area (Å²) in [5.74, 6) is 0. The topological polar surface area (TPSA) is 113 Å². The number of halogens is 1. The van der Waals surface area contributed by atoms with Crippen molar-refractivity contribution in [3.8, 4) is 0 Å². The minimum atomic E-state index is -4.82. The van der Waals surface area contributed by atoms with Gasteiger partial charge in [0.15, 0.2) is 0 Å². The van der Waals surface area contributed by atoms with Gasteiger partial charge in [-0.3, -0.25) is 0 Å². The number of hydrogen-bond acceptors (Lipinski definition) is 6. The summed E-state index contributed by atoms with van der Waals surface area (Å²) in [4.78, 5) is 11.1. The van der Waals surface area contributed by atoms with Crippen LogP contribution in [0.15, 0.2) is 59.5 Å². The molecule has 0 aromatic heterocycles. The normalized spacial score (nSPS) is 13.6. The molecule has 1 amide bonds. The van der Waals surface area contributed by atoms with Crippen LogP contribution in [0.2, 0.25) is 0 Å². The van der Waals surface area contributed by atoms with Crippen LogP contribution in [0.4, 0.5) is 8.68 Å². The van der Waals surface area contributed by atoms with Crippen molar-refractivity contribution in [1.29, 1.82) is 0 Å². The number of aliphatic hydroxyl groups is 2. The Morgan fingerprint density at radius 3 is 2.30 bits per heavy atom. The second-order valence-corrected chi connectivity index (χ2v) is 7.14. The molecule has 0 aliphatic rings. The van der Waals surface area contributed by atoms with Gasteiger partial charge in [0.2, 0.25) is 0 Å². The molecule has 2 rings (SSSR count). The molecular formula is C18H20FNO6S. The molecule has 0 saturated carbocycles. The van der Waals surface area contributed by atoms with Gasteiger partial charge in [-0.25, -0.2) is 4.79 Å². The van der Waals surface area contributed by atoms with E-state index in [1.54, 1.807) is 0 Å². The lowest BCUT2D eigenvalue weighted by Gasteiger charge is -2.18. The molecule has 2 aromatic rings. The maximum absolute atomic E-state index is 12.8. The van der Waals surface area contributed by atoms with Gasteiger partial charge in [-0.05, 0) is 29.7 Å². The Hall–Kier alpha value is -2.49. The van der Waals surface area contributed by atoms with Gasteiger partial charge >= 0.3 is 16.3 Å². The van der Waals surface area contributed by atoms with Crippen molar-refractivity contribution >= 4 is 16.3 Å². The van der Waals surface area contributed by atoms with Crippen molar-refractivity contribution in [1.82, 2.24) is 5.32 Å². The maximum atomic E-state index is 12.8. The molecule has 0 spiro atoms. The predicted octanol–water partition coefficient (Wildman–Crippen LogP) is 2.06. The summed E-state index contributed by atoms with van der Waals surface area (Å²) in [6, 6.07) is 13.5. The summed E-state index contributed by atoms with van der Waals surface area (Å²) in [7, 11) is -4.82. The summed E-state index contributed by atoms with van der Waals surface area (Å²) >= 11 is 0. The van der Waals surface area contributed by atoms with E-state index in [9.17, 15) is 27.3 Å². The second kappa shape index (κ2) is 9.45. The number of benzene rings is 2. The number of carbonyl (C=O) groups excluding carboxylic acids is 1. The fourth-order valence-electron chi connectivity index (χ4n) is 2.30. The first kappa shape index (κ1) is 20.8. The molecule has 9 heteroatoms. The van der Waals surface area contributed by atoms with Crippen LogP contribution in [0, 0.1) is 0 Å². The average molecular weight is 397 g/mol. The lowest BCUT2D eigenvalue weighted by molar-refractivity contribution is 0.0136. The molecule has 0 saturated heterocycles. The molecule has 2 atom stereocenters. The van der Waals surface area contributed by atoms with Crippen LogP contribution in [0.5, 0.6) is 0 Å². The van der Waals surface area contributed by atoms with Crippen LogP contribution in [0.3, 0.4) is 0 Å². The summed E-state index contributed by atoms with van der Waals surface area (Å²) in [5.41, 5.74) is 1.06. The third-order valence-corrected chi connectivity index (χ3v) is 4.63. The van der Waals surface area contributed by atoms with Crippen molar-refractivity contribution < 1.29 is 32.0 Å². The molecule has 0 fully saturated rings. The van der Waals surface area contributed by atoms with E-state index < -0.39 is 33.4 Å². The Labute approximate surface area is 156 Å². The molecule has 0 aliphatic carbocycles. The van der Waals surface area contributed by atoms with Crippen molar-refractivity contribution in [2.24, 2.45) is 0 Å². The fraction of sp³-hybridized carbons (Fsp3) is 0.278. The van der Waals surface area contributed by atoms with Crippen LogP contribution in [0.1, 0.15) is 23.7 Å². The average Bonchev–Trinajstić information content (AvgIpc) is 2.66. The predicted molar refractivity (Wildman–Crippen MR) is 94.9 cm³/mol. The van der Waals surface area contributed by atoms with E-state index >= 15 is 0 Å². The van der Waals surface area contributed by atoms with E-state index in [0.717, 1.165) is 17.7 Å². The van der Waals surface area contributed by atoms with Gasteiger partial charge in [-0.2, -0.15) is 8.42 Å². The van der Waals surface area contributed by atoms with Crippen molar-refractivity contribution in [2.75, 3.05) is 6.54 Å². The number of carbonyl (C=O) groups is 1. The summed E-state index contributed by atoms with van der Waals surface area (Å²) in [6.45, 7) is 0.171. The number of nitrogens with one attached hydrogen (secondary N) is 1.